The summed E-state index contributed by atoms with van der Waals surface area (Å²) in [6.45, 7) is 1.97. The SMILES string of the molecule is C#CC12CCC(C(=O)N3CCC3)(CC1)CC2. The maximum absolute atomic E-state index is 12.4. The Balaban J connectivity index is 1.77. The van der Waals surface area contributed by atoms with Crippen LogP contribution in [0.1, 0.15) is 44.9 Å². The van der Waals surface area contributed by atoms with Crippen LogP contribution in [0.25, 0.3) is 0 Å². The van der Waals surface area contributed by atoms with E-state index in [9.17, 15) is 4.79 Å². The predicted octanol–water partition coefficient (Wildman–Crippen LogP) is 2.19. The number of carbonyl (C=O) groups excluding carboxylic acids is 1. The lowest BCUT2D eigenvalue weighted by Gasteiger charge is -2.52. The monoisotopic (exact) mass is 217 g/mol. The molecule has 1 heterocycles. The first-order valence-electron chi connectivity index (χ1n) is 6.47. The number of carbonyl (C=O) groups is 1. The van der Waals surface area contributed by atoms with E-state index in [-0.39, 0.29) is 10.8 Å². The number of amides is 1. The highest BCUT2D eigenvalue weighted by Gasteiger charge is 2.53. The highest BCUT2D eigenvalue weighted by atomic mass is 16.2. The Morgan fingerprint density at radius 3 is 2.00 bits per heavy atom. The molecule has 0 spiro atoms. The standard InChI is InChI=1S/C14H19NO/c1-2-13-4-7-14(8-5-13,9-6-13)12(16)15-10-3-11-15/h1H,3-11H2. The lowest BCUT2D eigenvalue weighted by Crippen LogP contribution is -2.54. The van der Waals surface area contributed by atoms with Crippen LogP contribution in [0.4, 0.5) is 0 Å². The minimum Gasteiger partial charge on any atom is -0.342 e. The first kappa shape index (κ1) is 10.2. The van der Waals surface area contributed by atoms with Crippen LogP contribution in [0, 0.1) is 23.2 Å². The van der Waals surface area contributed by atoms with E-state index in [1.54, 1.807) is 0 Å². The molecule has 16 heavy (non-hydrogen) atoms. The van der Waals surface area contributed by atoms with Crippen LogP contribution >= 0.6 is 0 Å². The van der Waals surface area contributed by atoms with Gasteiger partial charge in [0.05, 0.1) is 0 Å². The molecule has 0 aromatic rings. The molecule has 1 amide bonds. The zero-order valence-corrected chi connectivity index (χ0v) is 9.80. The molecule has 0 aromatic carbocycles. The molecule has 2 heteroatoms. The molecule has 86 valence electrons. The second-order valence-electron chi connectivity index (χ2n) is 5.85. The molecule has 4 aliphatic rings. The van der Waals surface area contributed by atoms with Crippen molar-refractivity contribution in [3.8, 4) is 12.3 Å². The van der Waals surface area contributed by atoms with Crippen molar-refractivity contribution in [3.63, 3.8) is 0 Å². The van der Waals surface area contributed by atoms with E-state index in [0.29, 0.717) is 5.91 Å². The van der Waals surface area contributed by atoms with Gasteiger partial charge in [0.1, 0.15) is 0 Å². The third kappa shape index (κ3) is 1.24. The minimum absolute atomic E-state index is 0.0149. The van der Waals surface area contributed by atoms with Crippen molar-refractivity contribution < 1.29 is 4.79 Å². The average Bonchev–Trinajstić information content (AvgIpc) is 2.29. The summed E-state index contributed by atoms with van der Waals surface area (Å²) in [6, 6.07) is 0. The van der Waals surface area contributed by atoms with E-state index in [4.69, 9.17) is 6.42 Å². The van der Waals surface area contributed by atoms with Crippen LogP contribution in [0.15, 0.2) is 0 Å². The Morgan fingerprint density at radius 2 is 1.62 bits per heavy atom. The molecular weight excluding hydrogens is 198 g/mol. The number of hydrogen-bond donors (Lipinski definition) is 0. The Hall–Kier alpha value is -0.970. The summed E-state index contributed by atoms with van der Waals surface area (Å²) in [7, 11) is 0. The van der Waals surface area contributed by atoms with Crippen LogP contribution < -0.4 is 0 Å². The van der Waals surface area contributed by atoms with Crippen LogP contribution in [-0.4, -0.2) is 23.9 Å². The largest absolute Gasteiger partial charge is 0.342 e. The summed E-state index contributed by atoms with van der Waals surface area (Å²) >= 11 is 0. The Morgan fingerprint density at radius 1 is 1.06 bits per heavy atom. The Labute approximate surface area is 97.4 Å². The fourth-order valence-corrected chi connectivity index (χ4v) is 3.58. The number of fused-ring (bicyclic) bond motifs is 3. The molecule has 4 fully saturated rings. The van der Waals surface area contributed by atoms with Gasteiger partial charge < -0.3 is 4.90 Å². The molecule has 2 bridgehead atoms. The Bertz CT molecular complexity index is 337. The fourth-order valence-electron chi connectivity index (χ4n) is 3.58. The molecule has 0 atom stereocenters. The second kappa shape index (κ2) is 3.26. The van der Waals surface area contributed by atoms with Gasteiger partial charge in [-0.15, -0.1) is 6.42 Å². The number of likely N-dealkylation sites (tertiary alicyclic amines) is 1. The highest BCUT2D eigenvalue weighted by molar-refractivity contribution is 5.83. The Kier molecular flexibility index (Phi) is 2.08. The maximum Gasteiger partial charge on any atom is 0.228 e. The van der Waals surface area contributed by atoms with Gasteiger partial charge in [0.15, 0.2) is 0 Å². The number of terminal acetylenes is 1. The molecule has 0 N–H and O–H groups in total. The van der Waals surface area contributed by atoms with Gasteiger partial charge in [-0.25, -0.2) is 0 Å². The van der Waals surface area contributed by atoms with E-state index >= 15 is 0 Å². The van der Waals surface area contributed by atoms with Crippen molar-refractivity contribution >= 4 is 5.91 Å². The van der Waals surface area contributed by atoms with E-state index in [1.807, 2.05) is 4.90 Å². The number of rotatable bonds is 1. The first-order chi connectivity index (χ1) is 7.70. The number of hydrogen-bond acceptors (Lipinski definition) is 1. The van der Waals surface area contributed by atoms with Gasteiger partial charge >= 0.3 is 0 Å². The molecule has 3 aliphatic carbocycles. The van der Waals surface area contributed by atoms with Gasteiger partial charge in [-0.3, -0.25) is 4.79 Å². The van der Waals surface area contributed by atoms with Crippen molar-refractivity contribution in [3.05, 3.63) is 0 Å². The van der Waals surface area contributed by atoms with Gasteiger partial charge in [-0.05, 0) is 44.9 Å². The van der Waals surface area contributed by atoms with Gasteiger partial charge in [-0.2, -0.15) is 0 Å². The van der Waals surface area contributed by atoms with Gasteiger partial charge in [0, 0.05) is 23.9 Å². The van der Waals surface area contributed by atoms with E-state index in [1.165, 1.54) is 6.42 Å². The summed E-state index contributed by atoms with van der Waals surface area (Å²) in [5.74, 6) is 3.43. The topological polar surface area (TPSA) is 20.3 Å². The van der Waals surface area contributed by atoms with Gasteiger partial charge in [-0.1, -0.05) is 5.92 Å². The van der Waals surface area contributed by atoms with E-state index in [0.717, 1.165) is 51.6 Å². The maximum atomic E-state index is 12.4. The quantitative estimate of drug-likeness (QED) is 0.617. The smallest absolute Gasteiger partial charge is 0.228 e. The van der Waals surface area contributed by atoms with Crippen LogP contribution in [0.2, 0.25) is 0 Å². The molecular formula is C14H19NO. The summed E-state index contributed by atoms with van der Waals surface area (Å²) in [6.07, 6.45) is 13.2. The molecule has 4 rings (SSSR count). The minimum atomic E-state index is -0.0149. The first-order valence-corrected chi connectivity index (χ1v) is 6.47. The molecule has 0 aromatic heterocycles. The third-order valence-corrected chi connectivity index (χ3v) is 5.15. The molecule has 1 saturated heterocycles. The zero-order valence-electron chi connectivity index (χ0n) is 9.80. The predicted molar refractivity (Wildman–Crippen MR) is 62.6 cm³/mol. The zero-order chi connectivity index (χ0) is 11.2. The van der Waals surface area contributed by atoms with E-state index < -0.39 is 0 Å². The average molecular weight is 217 g/mol. The molecule has 0 unspecified atom stereocenters. The molecule has 0 radical (unpaired) electrons. The van der Waals surface area contributed by atoms with Crippen molar-refractivity contribution in [1.29, 1.82) is 0 Å². The van der Waals surface area contributed by atoms with E-state index in [2.05, 4.69) is 5.92 Å². The van der Waals surface area contributed by atoms with Gasteiger partial charge in [0.2, 0.25) is 5.91 Å². The van der Waals surface area contributed by atoms with Crippen LogP contribution in [0.5, 0.6) is 0 Å². The van der Waals surface area contributed by atoms with Crippen molar-refractivity contribution in [2.75, 3.05) is 13.1 Å². The third-order valence-electron chi connectivity index (χ3n) is 5.15. The summed E-state index contributed by atoms with van der Waals surface area (Å²) in [4.78, 5) is 14.5. The fraction of sp³-hybridized carbons (Fsp3) is 0.786. The van der Waals surface area contributed by atoms with Crippen molar-refractivity contribution in [1.82, 2.24) is 4.90 Å². The van der Waals surface area contributed by atoms with Crippen LogP contribution in [-0.2, 0) is 4.79 Å². The normalized spacial score (nSPS) is 41.3. The van der Waals surface area contributed by atoms with Crippen molar-refractivity contribution in [2.45, 2.75) is 44.9 Å². The van der Waals surface area contributed by atoms with Crippen molar-refractivity contribution in [2.24, 2.45) is 10.8 Å². The summed E-state index contributed by atoms with van der Waals surface area (Å²) in [5.41, 5.74) is 0.135. The van der Waals surface area contributed by atoms with Crippen LogP contribution in [0.3, 0.4) is 0 Å². The summed E-state index contributed by atoms with van der Waals surface area (Å²) < 4.78 is 0. The highest BCUT2D eigenvalue weighted by Crippen LogP contribution is 2.57. The van der Waals surface area contributed by atoms with Gasteiger partial charge in [0.25, 0.3) is 0 Å². The molecule has 1 aliphatic heterocycles. The lowest BCUT2D eigenvalue weighted by atomic mass is 9.53. The summed E-state index contributed by atoms with van der Waals surface area (Å²) in [5, 5.41) is 0. The molecule has 3 saturated carbocycles. The second-order valence-corrected chi connectivity index (χ2v) is 5.85. The molecule has 2 nitrogen and oxygen atoms in total. The number of nitrogens with zero attached hydrogens (tertiary/aromatic N) is 1. The lowest BCUT2D eigenvalue weighted by molar-refractivity contribution is -0.153.